The van der Waals surface area contributed by atoms with E-state index in [9.17, 15) is 14.7 Å². The van der Waals surface area contributed by atoms with Crippen LogP contribution < -0.4 is 5.32 Å². The average molecular weight is 403 g/mol. The Kier molecular flexibility index (Phi) is 6.38. The molecule has 3 aliphatic rings. The first-order valence-electron chi connectivity index (χ1n) is 10.5. The Hall–Kier alpha value is -1.37. The maximum atomic E-state index is 13.0. The summed E-state index contributed by atoms with van der Waals surface area (Å²) in [4.78, 5) is 27.7. The van der Waals surface area contributed by atoms with Gasteiger partial charge in [-0.1, -0.05) is 24.3 Å². The quantitative estimate of drug-likeness (QED) is 0.763. The van der Waals surface area contributed by atoms with Crippen molar-refractivity contribution >= 4 is 23.5 Å². The first kappa shape index (κ1) is 19.9. The third-order valence-electron chi connectivity index (χ3n) is 6.57. The first-order valence-corrected chi connectivity index (χ1v) is 11.6. The smallest absolute Gasteiger partial charge is 0.241 e. The lowest BCUT2D eigenvalue weighted by atomic mass is 9.81. The van der Waals surface area contributed by atoms with Gasteiger partial charge in [0.2, 0.25) is 5.91 Å². The van der Waals surface area contributed by atoms with Crippen molar-refractivity contribution in [2.75, 3.05) is 19.0 Å². The molecule has 6 heteroatoms. The molecule has 1 aromatic rings. The molecule has 152 valence electrons. The van der Waals surface area contributed by atoms with Crippen LogP contribution >= 0.6 is 11.8 Å². The molecule has 1 aliphatic carbocycles. The lowest BCUT2D eigenvalue weighted by Crippen LogP contribution is -2.51. The third kappa shape index (κ3) is 4.14. The van der Waals surface area contributed by atoms with Crippen molar-refractivity contribution in [3.8, 4) is 0 Å². The summed E-state index contributed by atoms with van der Waals surface area (Å²) in [5.74, 6) is 1.39. The number of carbonyl (C=O) groups is 2. The van der Waals surface area contributed by atoms with E-state index in [-0.39, 0.29) is 29.6 Å². The van der Waals surface area contributed by atoms with Crippen LogP contribution in [0.3, 0.4) is 0 Å². The van der Waals surface area contributed by atoms with Crippen molar-refractivity contribution in [2.24, 2.45) is 5.92 Å². The van der Waals surface area contributed by atoms with Crippen LogP contribution in [0.25, 0.3) is 0 Å². The Labute approximate surface area is 171 Å². The summed E-state index contributed by atoms with van der Waals surface area (Å²) >= 11 is 1.56. The van der Waals surface area contributed by atoms with Gasteiger partial charge in [-0.15, -0.1) is 11.8 Å². The van der Waals surface area contributed by atoms with Crippen LogP contribution in [0.2, 0.25) is 0 Å². The van der Waals surface area contributed by atoms with Gasteiger partial charge >= 0.3 is 0 Å². The Morgan fingerprint density at radius 3 is 2.86 bits per heavy atom. The maximum Gasteiger partial charge on any atom is 0.241 e. The average Bonchev–Trinajstić information content (AvgIpc) is 3.40. The van der Waals surface area contributed by atoms with Crippen molar-refractivity contribution in [2.45, 2.75) is 62.3 Å². The van der Waals surface area contributed by atoms with E-state index in [1.165, 1.54) is 11.1 Å². The molecule has 1 aromatic carbocycles. The van der Waals surface area contributed by atoms with Gasteiger partial charge in [0.25, 0.3) is 0 Å². The molecule has 1 unspecified atom stereocenters. The van der Waals surface area contributed by atoms with E-state index in [0.29, 0.717) is 24.8 Å². The van der Waals surface area contributed by atoms with Crippen molar-refractivity contribution in [3.05, 3.63) is 35.4 Å². The number of hydrogen-bond donors (Lipinski definition) is 2. The number of aliphatic hydroxyl groups is 1. The van der Waals surface area contributed by atoms with E-state index in [0.717, 1.165) is 38.5 Å². The topological polar surface area (TPSA) is 69.6 Å². The lowest BCUT2D eigenvalue weighted by Gasteiger charge is -2.28. The predicted octanol–water partition coefficient (Wildman–Crippen LogP) is 2.16. The highest BCUT2D eigenvalue weighted by molar-refractivity contribution is 8.00. The molecule has 0 saturated carbocycles. The highest BCUT2D eigenvalue weighted by Crippen LogP contribution is 2.31. The van der Waals surface area contributed by atoms with Gasteiger partial charge in [-0.2, -0.15) is 0 Å². The number of fused-ring (bicyclic) bond motifs is 1. The molecule has 0 spiro atoms. The van der Waals surface area contributed by atoms with Gasteiger partial charge in [0.15, 0.2) is 0 Å². The second-order valence-corrected chi connectivity index (χ2v) is 9.44. The molecule has 0 bridgehead atoms. The number of aryl methyl sites for hydroxylation is 1. The highest BCUT2D eigenvalue weighted by Gasteiger charge is 2.42. The lowest BCUT2D eigenvalue weighted by molar-refractivity contribution is -0.136. The summed E-state index contributed by atoms with van der Waals surface area (Å²) < 4.78 is 0. The normalized spacial score (nSPS) is 29.7. The number of carbonyl (C=O) groups excluding carboxylic acids is 2. The largest absolute Gasteiger partial charge is 0.394 e. The molecule has 5 nitrogen and oxygen atoms in total. The number of amides is 1. The summed E-state index contributed by atoms with van der Waals surface area (Å²) in [5.41, 5.74) is 2.88. The minimum atomic E-state index is -0.434. The van der Waals surface area contributed by atoms with Crippen LogP contribution in [0.15, 0.2) is 24.3 Å². The van der Waals surface area contributed by atoms with Crippen molar-refractivity contribution in [1.82, 2.24) is 10.2 Å². The Balaban J connectivity index is 1.32. The van der Waals surface area contributed by atoms with Crippen molar-refractivity contribution in [1.29, 1.82) is 0 Å². The van der Waals surface area contributed by atoms with Gasteiger partial charge < -0.3 is 10.0 Å². The number of ketones is 1. The highest BCUT2D eigenvalue weighted by atomic mass is 32.2. The van der Waals surface area contributed by atoms with Crippen LogP contribution in [-0.2, 0) is 22.4 Å². The Morgan fingerprint density at radius 2 is 2.04 bits per heavy atom. The first-order chi connectivity index (χ1) is 13.7. The monoisotopic (exact) mass is 402 g/mol. The van der Waals surface area contributed by atoms with E-state index < -0.39 is 6.04 Å². The number of thioether (sulfide) groups is 1. The number of nitrogens with one attached hydrogen (secondary N) is 1. The predicted molar refractivity (Wildman–Crippen MR) is 111 cm³/mol. The zero-order valence-electron chi connectivity index (χ0n) is 16.3. The zero-order valence-corrected chi connectivity index (χ0v) is 17.1. The van der Waals surface area contributed by atoms with Gasteiger partial charge in [-0.25, -0.2) is 0 Å². The number of Topliss-reactive ketones (excluding diaryl/α,β-unsaturated/α-hetero) is 1. The number of likely N-dealkylation sites (tertiary alicyclic amines) is 1. The van der Waals surface area contributed by atoms with Gasteiger partial charge in [0, 0.05) is 18.8 Å². The van der Waals surface area contributed by atoms with Crippen LogP contribution in [0, 0.1) is 5.92 Å². The molecular formula is C22H30N2O3S. The molecule has 2 N–H and O–H groups in total. The summed E-state index contributed by atoms with van der Waals surface area (Å²) in [6.07, 6.45) is 6.56. The molecule has 1 amide bonds. The van der Waals surface area contributed by atoms with Crippen LogP contribution in [0.5, 0.6) is 0 Å². The summed E-state index contributed by atoms with van der Waals surface area (Å²) in [6, 6.07) is 8.11. The van der Waals surface area contributed by atoms with Gasteiger partial charge in [-0.3, -0.25) is 14.9 Å². The van der Waals surface area contributed by atoms with E-state index in [2.05, 4.69) is 29.6 Å². The summed E-state index contributed by atoms with van der Waals surface area (Å²) in [5, 5.41) is 12.5. The Bertz CT molecular complexity index is 725. The van der Waals surface area contributed by atoms with Gasteiger partial charge in [0.1, 0.15) is 11.8 Å². The molecule has 4 atom stereocenters. The fourth-order valence-corrected chi connectivity index (χ4v) is 6.09. The second kappa shape index (κ2) is 8.97. The Morgan fingerprint density at radius 1 is 1.21 bits per heavy atom. The van der Waals surface area contributed by atoms with Crippen LogP contribution in [0.4, 0.5) is 0 Å². The molecule has 28 heavy (non-hydrogen) atoms. The molecule has 2 aliphatic heterocycles. The summed E-state index contributed by atoms with van der Waals surface area (Å²) in [6.45, 7) is 0.697. The molecule has 0 radical (unpaired) electrons. The minimum Gasteiger partial charge on any atom is -0.394 e. The van der Waals surface area contributed by atoms with E-state index >= 15 is 0 Å². The van der Waals surface area contributed by atoms with Crippen LogP contribution in [0.1, 0.15) is 43.2 Å². The molecular weight excluding hydrogens is 372 g/mol. The van der Waals surface area contributed by atoms with E-state index in [1.807, 2.05) is 0 Å². The zero-order chi connectivity index (χ0) is 19.5. The van der Waals surface area contributed by atoms with E-state index in [1.54, 1.807) is 16.7 Å². The number of nitrogens with zero attached hydrogens (tertiary/aromatic N) is 1. The maximum absolute atomic E-state index is 13.0. The van der Waals surface area contributed by atoms with E-state index in [4.69, 9.17) is 0 Å². The number of aliphatic hydroxyl groups excluding tert-OH is 1. The molecule has 0 aromatic heterocycles. The number of benzene rings is 1. The SMILES string of the molecule is O=C(CC[C@H]1CCc2ccccc2C1)C1SCN[C@@H]1C(=O)N1CCC[C@H]1CO. The van der Waals surface area contributed by atoms with Crippen molar-refractivity contribution in [3.63, 3.8) is 0 Å². The number of rotatable bonds is 6. The summed E-state index contributed by atoms with van der Waals surface area (Å²) in [7, 11) is 0. The third-order valence-corrected chi connectivity index (χ3v) is 7.80. The number of hydrogen-bond acceptors (Lipinski definition) is 5. The molecule has 2 heterocycles. The fourth-order valence-electron chi connectivity index (χ4n) is 4.93. The molecule has 4 rings (SSSR count). The van der Waals surface area contributed by atoms with Crippen molar-refractivity contribution < 1.29 is 14.7 Å². The minimum absolute atomic E-state index is 0.00731. The second-order valence-electron chi connectivity index (χ2n) is 8.31. The van der Waals surface area contributed by atoms with Crippen LogP contribution in [-0.4, -0.2) is 58.1 Å². The van der Waals surface area contributed by atoms with Gasteiger partial charge in [-0.05, 0) is 55.6 Å². The molecule has 2 saturated heterocycles. The standard InChI is InChI=1S/C22H30N2O3S/c25-13-18-6-3-11-24(18)22(27)20-21(28-14-23-20)19(26)10-8-15-7-9-16-4-1-2-5-17(16)12-15/h1-2,4-5,15,18,20-21,23,25H,3,6-14H2/t15-,18+,20+,21?/m1/s1. The van der Waals surface area contributed by atoms with Gasteiger partial charge in [0.05, 0.1) is 17.9 Å². The molecule has 2 fully saturated rings. The fraction of sp³-hybridized carbons (Fsp3) is 0.636.